The van der Waals surface area contributed by atoms with Crippen LogP contribution in [0.4, 0.5) is 0 Å². The van der Waals surface area contributed by atoms with Gasteiger partial charge in [-0.1, -0.05) is 330 Å². The summed E-state index contributed by atoms with van der Waals surface area (Å²) in [6.45, 7) is 9.50. The maximum atomic E-state index is 13.1. The number of phosphoric acid groups is 2. The number of ether oxygens (including phenoxy) is 4. The van der Waals surface area contributed by atoms with Gasteiger partial charge in [0, 0.05) is 25.7 Å². The van der Waals surface area contributed by atoms with E-state index < -0.39 is 97.5 Å². The fourth-order valence-electron chi connectivity index (χ4n) is 11.3. The summed E-state index contributed by atoms with van der Waals surface area (Å²) >= 11 is 0. The van der Waals surface area contributed by atoms with Gasteiger partial charge in [0.1, 0.15) is 19.3 Å². The second-order valence-corrected chi connectivity index (χ2v) is 30.3. The monoisotopic (exact) mass is 1370 g/mol. The summed E-state index contributed by atoms with van der Waals surface area (Å²) in [6, 6.07) is 0. The van der Waals surface area contributed by atoms with Gasteiger partial charge in [0.15, 0.2) is 12.2 Å². The second-order valence-electron chi connectivity index (χ2n) is 27.4. The predicted molar refractivity (Wildman–Crippen MR) is 377 cm³/mol. The van der Waals surface area contributed by atoms with Crippen molar-refractivity contribution in [3.05, 3.63) is 0 Å². The highest BCUT2D eigenvalue weighted by Gasteiger charge is 2.30. The van der Waals surface area contributed by atoms with E-state index in [4.69, 9.17) is 37.0 Å². The normalized spacial score (nSPS) is 14.3. The Hall–Kier alpha value is -1.94. The predicted octanol–water partition coefficient (Wildman–Crippen LogP) is 21.6. The molecule has 19 heteroatoms. The molecule has 0 aliphatic rings. The molecule has 0 aliphatic carbocycles. The number of hydrogen-bond donors (Lipinski definition) is 3. The van der Waals surface area contributed by atoms with Gasteiger partial charge in [-0.25, -0.2) is 9.13 Å². The van der Waals surface area contributed by atoms with Crippen molar-refractivity contribution in [2.75, 3.05) is 39.6 Å². The topological polar surface area (TPSA) is 237 Å². The molecule has 3 unspecified atom stereocenters. The van der Waals surface area contributed by atoms with Crippen LogP contribution in [0.1, 0.15) is 382 Å². The SMILES string of the molecule is CCCCCCCCCCCCCCCCCCCCCCCC(=O)O[C@H](COC(=O)CCCCCCCCCCCCC(C)C)COP(=O)(O)OC[C@@H](O)COP(=O)(O)OC[C@@H](COC(=O)CCCCCCCCCCC)OC(=O)CCCCCCCCC(C)CC. The van der Waals surface area contributed by atoms with Gasteiger partial charge < -0.3 is 33.8 Å². The third kappa shape index (κ3) is 67.0. The molecule has 0 aliphatic heterocycles. The summed E-state index contributed by atoms with van der Waals surface area (Å²) in [4.78, 5) is 72.6. The first-order chi connectivity index (χ1) is 44.9. The molecule has 0 bridgehead atoms. The van der Waals surface area contributed by atoms with Gasteiger partial charge in [-0.3, -0.25) is 37.3 Å². The van der Waals surface area contributed by atoms with Crippen molar-refractivity contribution in [1.29, 1.82) is 0 Å². The Kier molecular flexibility index (Phi) is 64.6. The average Bonchev–Trinajstić information content (AvgIpc) is 3.58. The van der Waals surface area contributed by atoms with Crippen molar-refractivity contribution in [3.63, 3.8) is 0 Å². The summed E-state index contributed by atoms with van der Waals surface area (Å²) in [7, 11) is -9.90. The molecular formula is C74H144O17P2. The van der Waals surface area contributed by atoms with Crippen molar-refractivity contribution >= 4 is 39.5 Å². The van der Waals surface area contributed by atoms with Gasteiger partial charge in [0.05, 0.1) is 26.4 Å². The van der Waals surface area contributed by atoms with Crippen LogP contribution in [-0.4, -0.2) is 96.7 Å². The third-order valence-electron chi connectivity index (χ3n) is 17.6. The Morgan fingerprint density at radius 1 is 0.312 bits per heavy atom. The lowest BCUT2D eigenvalue weighted by atomic mass is 10.00. The first-order valence-electron chi connectivity index (χ1n) is 38.5. The largest absolute Gasteiger partial charge is 0.472 e. The molecule has 0 heterocycles. The van der Waals surface area contributed by atoms with Crippen LogP contribution >= 0.6 is 15.6 Å². The average molecular weight is 1370 g/mol. The number of aliphatic hydroxyl groups is 1. The van der Waals surface area contributed by atoms with Crippen LogP contribution in [0.25, 0.3) is 0 Å². The molecule has 0 saturated heterocycles. The van der Waals surface area contributed by atoms with E-state index in [1.165, 1.54) is 199 Å². The fourth-order valence-corrected chi connectivity index (χ4v) is 12.8. The van der Waals surface area contributed by atoms with Crippen LogP contribution in [0.5, 0.6) is 0 Å². The Bertz CT molecular complexity index is 1810. The van der Waals surface area contributed by atoms with Crippen LogP contribution in [-0.2, 0) is 65.4 Å². The number of phosphoric ester groups is 2. The van der Waals surface area contributed by atoms with Crippen molar-refractivity contribution < 1.29 is 80.2 Å². The minimum absolute atomic E-state index is 0.103. The first kappa shape index (κ1) is 91.1. The van der Waals surface area contributed by atoms with Crippen LogP contribution in [0.15, 0.2) is 0 Å². The fraction of sp³-hybridized carbons (Fsp3) is 0.946. The highest BCUT2D eigenvalue weighted by Crippen LogP contribution is 2.45. The maximum Gasteiger partial charge on any atom is 0.472 e. The molecule has 0 spiro atoms. The number of carbonyl (C=O) groups is 4. The zero-order valence-electron chi connectivity index (χ0n) is 60.6. The Labute approximate surface area is 568 Å². The van der Waals surface area contributed by atoms with Gasteiger partial charge in [-0.05, 0) is 37.5 Å². The summed E-state index contributed by atoms with van der Waals surface area (Å²) in [5, 5.41) is 10.6. The number of rotatable bonds is 73. The quantitative estimate of drug-likeness (QED) is 0.0222. The van der Waals surface area contributed by atoms with Crippen LogP contribution in [0.2, 0.25) is 0 Å². The summed E-state index contributed by atoms with van der Waals surface area (Å²) < 4.78 is 68.3. The Balaban J connectivity index is 5.18. The lowest BCUT2D eigenvalue weighted by molar-refractivity contribution is -0.161. The number of aliphatic hydroxyl groups excluding tert-OH is 1. The summed E-state index contributed by atoms with van der Waals surface area (Å²) in [5.41, 5.74) is 0. The summed E-state index contributed by atoms with van der Waals surface area (Å²) in [6.07, 6.45) is 53.0. The van der Waals surface area contributed by atoms with Crippen LogP contribution in [0, 0.1) is 11.8 Å². The molecule has 3 N–H and O–H groups in total. The van der Waals surface area contributed by atoms with E-state index >= 15 is 0 Å². The summed E-state index contributed by atoms with van der Waals surface area (Å²) in [5.74, 6) is -0.645. The zero-order valence-corrected chi connectivity index (χ0v) is 62.3. The van der Waals surface area contributed by atoms with E-state index in [2.05, 4.69) is 41.5 Å². The Morgan fingerprint density at radius 2 is 0.548 bits per heavy atom. The van der Waals surface area contributed by atoms with E-state index in [-0.39, 0.29) is 25.7 Å². The second kappa shape index (κ2) is 66.0. The van der Waals surface area contributed by atoms with Gasteiger partial charge in [0.25, 0.3) is 0 Å². The molecule has 17 nitrogen and oxygen atoms in total. The van der Waals surface area contributed by atoms with E-state index in [0.29, 0.717) is 25.7 Å². The number of esters is 4. The van der Waals surface area contributed by atoms with Crippen molar-refractivity contribution in [1.82, 2.24) is 0 Å². The van der Waals surface area contributed by atoms with Crippen LogP contribution in [0.3, 0.4) is 0 Å². The molecule has 0 saturated carbocycles. The molecule has 0 fully saturated rings. The van der Waals surface area contributed by atoms with E-state index in [1.807, 2.05) is 0 Å². The molecule has 0 aromatic rings. The Morgan fingerprint density at radius 3 is 0.817 bits per heavy atom. The van der Waals surface area contributed by atoms with Gasteiger partial charge in [-0.2, -0.15) is 0 Å². The van der Waals surface area contributed by atoms with E-state index in [9.17, 15) is 43.2 Å². The minimum Gasteiger partial charge on any atom is -0.462 e. The molecule has 552 valence electrons. The van der Waals surface area contributed by atoms with Crippen molar-refractivity contribution in [3.8, 4) is 0 Å². The van der Waals surface area contributed by atoms with Gasteiger partial charge in [-0.15, -0.1) is 0 Å². The highest BCUT2D eigenvalue weighted by atomic mass is 31.2. The highest BCUT2D eigenvalue weighted by molar-refractivity contribution is 7.47. The standard InChI is InChI=1S/C74H144O17P2/c1-7-10-12-14-16-18-19-20-21-22-23-24-25-26-27-28-29-35-39-46-52-58-73(78)90-69(62-85-72(77)57-51-45-38-34-31-30-33-36-42-48-54-66(4)5)64-88-92(80,81)86-60-68(75)61-87-93(82,83)89-65-70(63-84-71(76)56-50-44-37-32-17-15-13-11-8-2)91-74(79)59-53-47-41-40-43-49-55-67(6)9-3/h66-70,75H,7-65H2,1-6H3,(H,80,81)(H,82,83)/t67?,68-,69-,70-/m1/s1. The molecule has 6 atom stereocenters. The zero-order chi connectivity index (χ0) is 68.6. The molecular weight excluding hydrogens is 1220 g/mol. The molecule has 0 amide bonds. The number of carbonyl (C=O) groups excluding carboxylic acids is 4. The minimum atomic E-state index is -4.95. The van der Waals surface area contributed by atoms with Gasteiger partial charge in [0.2, 0.25) is 0 Å². The lowest BCUT2D eigenvalue weighted by Gasteiger charge is -2.21. The number of hydrogen-bond acceptors (Lipinski definition) is 15. The van der Waals surface area contributed by atoms with Crippen molar-refractivity contribution in [2.24, 2.45) is 11.8 Å². The smallest absolute Gasteiger partial charge is 0.462 e. The number of unbranched alkanes of at least 4 members (excludes halogenated alkanes) is 42. The molecule has 93 heavy (non-hydrogen) atoms. The molecule has 0 aromatic carbocycles. The van der Waals surface area contributed by atoms with Crippen molar-refractivity contribution in [2.45, 2.75) is 400 Å². The first-order valence-corrected chi connectivity index (χ1v) is 41.5. The molecule has 0 rings (SSSR count). The maximum absolute atomic E-state index is 13.1. The van der Waals surface area contributed by atoms with E-state index in [1.54, 1.807) is 0 Å². The van der Waals surface area contributed by atoms with Gasteiger partial charge >= 0.3 is 39.5 Å². The molecule has 0 radical (unpaired) electrons. The molecule has 0 aromatic heterocycles. The van der Waals surface area contributed by atoms with Crippen LogP contribution < -0.4 is 0 Å². The third-order valence-corrected chi connectivity index (χ3v) is 19.5. The lowest BCUT2D eigenvalue weighted by Crippen LogP contribution is -2.30. The van der Waals surface area contributed by atoms with E-state index in [0.717, 1.165) is 102 Å².